The minimum absolute atomic E-state index is 0.123. The lowest BCUT2D eigenvalue weighted by Gasteiger charge is -2.37. The van der Waals surface area contributed by atoms with E-state index in [4.69, 9.17) is 10.5 Å². The van der Waals surface area contributed by atoms with Crippen LogP contribution < -0.4 is 10.5 Å². The number of benzene rings is 1. The summed E-state index contributed by atoms with van der Waals surface area (Å²) >= 11 is 0. The maximum atomic E-state index is 12.7. The number of carbonyl (C=O) groups excluding carboxylic acids is 1. The topological polar surface area (TPSA) is 55.6 Å². The first-order valence-corrected chi connectivity index (χ1v) is 6.91. The number of nitrogens with two attached hydrogens (primary N) is 1. The SMILES string of the molecule is COc1cccc(C(=O)N2C3CCC2CC(N)C3)c1. The highest BCUT2D eigenvalue weighted by molar-refractivity contribution is 5.95. The minimum atomic E-state index is 0.123. The van der Waals surface area contributed by atoms with E-state index < -0.39 is 0 Å². The molecule has 2 heterocycles. The molecular formula is C15H20N2O2. The molecule has 2 saturated heterocycles. The fourth-order valence-corrected chi connectivity index (χ4v) is 3.46. The molecule has 0 saturated carbocycles. The first-order valence-electron chi connectivity index (χ1n) is 6.91. The molecule has 4 heteroatoms. The van der Waals surface area contributed by atoms with Gasteiger partial charge >= 0.3 is 0 Å². The number of rotatable bonds is 2. The van der Waals surface area contributed by atoms with Gasteiger partial charge in [0.25, 0.3) is 5.91 Å². The Labute approximate surface area is 113 Å². The van der Waals surface area contributed by atoms with Crippen molar-refractivity contribution in [1.82, 2.24) is 4.90 Å². The number of hydrogen-bond donors (Lipinski definition) is 1. The van der Waals surface area contributed by atoms with Crippen molar-refractivity contribution in [1.29, 1.82) is 0 Å². The molecule has 2 unspecified atom stereocenters. The Bertz CT molecular complexity index is 475. The predicted molar refractivity (Wildman–Crippen MR) is 73.2 cm³/mol. The molecule has 0 spiro atoms. The molecule has 102 valence electrons. The Balaban J connectivity index is 1.84. The van der Waals surface area contributed by atoms with Crippen LogP contribution >= 0.6 is 0 Å². The van der Waals surface area contributed by atoms with Crippen LogP contribution in [0.4, 0.5) is 0 Å². The Morgan fingerprint density at radius 3 is 2.63 bits per heavy atom. The Morgan fingerprint density at radius 1 is 1.32 bits per heavy atom. The summed E-state index contributed by atoms with van der Waals surface area (Å²) in [7, 11) is 1.62. The summed E-state index contributed by atoms with van der Waals surface area (Å²) in [4.78, 5) is 14.7. The third-order valence-electron chi connectivity index (χ3n) is 4.32. The van der Waals surface area contributed by atoms with E-state index in [1.165, 1.54) is 0 Å². The zero-order valence-electron chi connectivity index (χ0n) is 11.2. The highest BCUT2D eigenvalue weighted by atomic mass is 16.5. The van der Waals surface area contributed by atoms with Crippen molar-refractivity contribution in [2.75, 3.05) is 7.11 Å². The van der Waals surface area contributed by atoms with E-state index in [2.05, 4.69) is 4.90 Å². The molecule has 2 fully saturated rings. The van der Waals surface area contributed by atoms with Crippen molar-refractivity contribution < 1.29 is 9.53 Å². The van der Waals surface area contributed by atoms with Crippen LogP contribution in [0.1, 0.15) is 36.0 Å². The number of methoxy groups -OCH3 is 1. The number of nitrogens with zero attached hydrogens (tertiary/aromatic N) is 1. The van der Waals surface area contributed by atoms with Gasteiger partial charge in [-0.15, -0.1) is 0 Å². The zero-order valence-corrected chi connectivity index (χ0v) is 11.2. The van der Waals surface area contributed by atoms with Gasteiger partial charge in [0, 0.05) is 23.7 Å². The molecule has 19 heavy (non-hydrogen) atoms. The third kappa shape index (κ3) is 2.21. The van der Waals surface area contributed by atoms with Crippen LogP contribution in [0.2, 0.25) is 0 Å². The number of amides is 1. The van der Waals surface area contributed by atoms with Gasteiger partial charge in [0.15, 0.2) is 0 Å². The number of carbonyl (C=O) groups is 1. The van der Waals surface area contributed by atoms with E-state index in [1.54, 1.807) is 7.11 Å². The highest BCUT2D eigenvalue weighted by Crippen LogP contribution is 2.36. The molecule has 1 aromatic carbocycles. The second-order valence-electron chi connectivity index (χ2n) is 5.56. The van der Waals surface area contributed by atoms with Crippen molar-refractivity contribution in [2.24, 2.45) is 5.73 Å². The standard InChI is InChI=1S/C15H20N2O2/c1-19-14-4-2-3-10(7-14)15(18)17-12-5-6-13(17)9-11(16)8-12/h2-4,7,11-13H,5-6,8-9,16H2,1H3. The molecule has 2 bridgehead atoms. The second kappa shape index (κ2) is 4.85. The van der Waals surface area contributed by atoms with Gasteiger partial charge in [0.2, 0.25) is 0 Å². The quantitative estimate of drug-likeness (QED) is 0.882. The van der Waals surface area contributed by atoms with E-state index in [-0.39, 0.29) is 11.9 Å². The first-order chi connectivity index (χ1) is 9.19. The number of ether oxygens (including phenoxy) is 1. The summed E-state index contributed by atoms with van der Waals surface area (Å²) in [5.74, 6) is 0.852. The van der Waals surface area contributed by atoms with Crippen LogP contribution in [-0.4, -0.2) is 36.0 Å². The lowest BCUT2D eigenvalue weighted by molar-refractivity contribution is 0.0575. The monoisotopic (exact) mass is 260 g/mol. The molecule has 0 radical (unpaired) electrons. The lowest BCUT2D eigenvalue weighted by Crippen LogP contribution is -2.50. The third-order valence-corrected chi connectivity index (χ3v) is 4.32. The molecule has 0 aliphatic carbocycles. The summed E-state index contributed by atoms with van der Waals surface area (Å²) in [6.45, 7) is 0. The van der Waals surface area contributed by atoms with Gasteiger partial charge < -0.3 is 15.4 Å². The fraction of sp³-hybridized carbons (Fsp3) is 0.533. The highest BCUT2D eigenvalue weighted by Gasteiger charge is 2.42. The normalized spacial score (nSPS) is 29.4. The average Bonchev–Trinajstić information content (AvgIpc) is 2.70. The smallest absolute Gasteiger partial charge is 0.254 e. The van der Waals surface area contributed by atoms with Gasteiger partial charge in [0.1, 0.15) is 5.75 Å². The average molecular weight is 260 g/mol. The molecule has 1 aromatic rings. The Morgan fingerprint density at radius 2 is 2.00 bits per heavy atom. The van der Waals surface area contributed by atoms with Crippen LogP contribution in [0.25, 0.3) is 0 Å². The second-order valence-corrected chi connectivity index (χ2v) is 5.56. The summed E-state index contributed by atoms with van der Waals surface area (Å²) < 4.78 is 5.19. The van der Waals surface area contributed by atoms with Crippen molar-refractivity contribution in [2.45, 2.75) is 43.8 Å². The molecule has 2 aliphatic heterocycles. The number of hydrogen-bond acceptors (Lipinski definition) is 3. The van der Waals surface area contributed by atoms with E-state index in [0.29, 0.717) is 17.6 Å². The molecule has 2 N–H and O–H groups in total. The number of piperidine rings is 1. The van der Waals surface area contributed by atoms with E-state index in [1.807, 2.05) is 24.3 Å². The van der Waals surface area contributed by atoms with Crippen molar-refractivity contribution in [3.05, 3.63) is 29.8 Å². The van der Waals surface area contributed by atoms with Crippen LogP contribution in [0.5, 0.6) is 5.75 Å². The van der Waals surface area contributed by atoms with Gasteiger partial charge in [-0.25, -0.2) is 0 Å². The van der Waals surface area contributed by atoms with Gasteiger partial charge in [-0.2, -0.15) is 0 Å². The van der Waals surface area contributed by atoms with Crippen LogP contribution in [0, 0.1) is 0 Å². The summed E-state index contributed by atoms with van der Waals surface area (Å²) in [5.41, 5.74) is 6.76. The fourth-order valence-electron chi connectivity index (χ4n) is 3.46. The van der Waals surface area contributed by atoms with Crippen LogP contribution in [-0.2, 0) is 0 Å². The van der Waals surface area contributed by atoms with Gasteiger partial charge in [-0.05, 0) is 43.9 Å². The molecular weight excluding hydrogens is 240 g/mol. The molecule has 2 aliphatic rings. The van der Waals surface area contributed by atoms with Crippen molar-refractivity contribution >= 4 is 5.91 Å². The minimum Gasteiger partial charge on any atom is -0.497 e. The molecule has 0 aromatic heterocycles. The number of fused-ring (bicyclic) bond motifs is 2. The first kappa shape index (κ1) is 12.5. The van der Waals surface area contributed by atoms with Gasteiger partial charge in [0.05, 0.1) is 7.11 Å². The molecule has 4 nitrogen and oxygen atoms in total. The molecule has 2 atom stereocenters. The molecule has 1 amide bonds. The van der Waals surface area contributed by atoms with E-state index >= 15 is 0 Å². The maximum Gasteiger partial charge on any atom is 0.254 e. The van der Waals surface area contributed by atoms with E-state index in [0.717, 1.165) is 31.4 Å². The summed E-state index contributed by atoms with van der Waals surface area (Å²) in [6, 6.07) is 8.31. The van der Waals surface area contributed by atoms with Gasteiger partial charge in [-0.1, -0.05) is 6.07 Å². The Hall–Kier alpha value is -1.55. The van der Waals surface area contributed by atoms with Crippen molar-refractivity contribution in [3.8, 4) is 5.75 Å². The summed E-state index contributed by atoms with van der Waals surface area (Å²) in [6.07, 6.45) is 4.06. The van der Waals surface area contributed by atoms with Crippen molar-refractivity contribution in [3.63, 3.8) is 0 Å². The van der Waals surface area contributed by atoms with E-state index in [9.17, 15) is 4.79 Å². The summed E-state index contributed by atoms with van der Waals surface area (Å²) in [5, 5.41) is 0. The zero-order chi connectivity index (χ0) is 13.4. The van der Waals surface area contributed by atoms with Gasteiger partial charge in [-0.3, -0.25) is 4.79 Å². The largest absolute Gasteiger partial charge is 0.497 e. The van der Waals surface area contributed by atoms with Crippen LogP contribution in [0.3, 0.4) is 0 Å². The van der Waals surface area contributed by atoms with Crippen LogP contribution in [0.15, 0.2) is 24.3 Å². The predicted octanol–water partition coefficient (Wildman–Crippen LogP) is 1.79. The molecule has 3 rings (SSSR count). The Kier molecular flexibility index (Phi) is 3.19. The maximum absolute atomic E-state index is 12.7. The lowest BCUT2D eigenvalue weighted by atomic mass is 9.97.